The van der Waals surface area contributed by atoms with E-state index in [1.165, 1.54) is 6.07 Å². The van der Waals surface area contributed by atoms with Gasteiger partial charge < -0.3 is 9.73 Å². The molecule has 128 valence electrons. The van der Waals surface area contributed by atoms with Gasteiger partial charge in [-0.15, -0.1) is 0 Å². The van der Waals surface area contributed by atoms with Crippen LogP contribution in [0.2, 0.25) is 5.02 Å². The quantitative estimate of drug-likeness (QED) is 0.712. The van der Waals surface area contributed by atoms with Crippen molar-refractivity contribution in [3.63, 3.8) is 0 Å². The number of hydrogen-bond acceptors (Lipinski definition) is 3. The molecule has 0 saturated heterocycles. The maximum absolute atomic E-state index is 12.3. The highest BCUT2D eigenvalue weighted by Crippen LogP contribution is 2.30. The normalized spacial score (nSPS) is 10.9. The molecule has 0 saturated carbocycles. The summed E-state index contributed by atoms with van der Waals surface area (Å²) in [6.07, 6.45) is 0. The maximum Gasteiger partial charge on any atom is 0.336 e. The van der Waals surface area contributed by atoms with Gasteiger partial charge in [-0.3, -0.25) is 4.79 Å². The van der Waals surface area contributed by atoms with E-state index in [2.05, 4.69) is 5.32 Å². The highest BCUT2D eigenvalue weighted by atomic mass is 35.5. The first-order valence-electron chi connectivity index (χ1n) is 7.94. The van der Waals surface area contributed by atoms with Gasteiger partial charge in [-0.05, 0) is 55.7 Å². The largest absolute Gasteiger partial charge is 0.423 e. The van der Waals surface area contributed by atoms with Crippen molar-refractivity contribution in [1.82, 2.24) is 5.32 Å². The lowest BCUT2D eigenvalue weighted by Crippen LogP contribution is -2.23. The summed E-state index contributed by atoms with van der Waals surface area (Å²) in [7, 11) is 0. The van der Waals surface area contributed by atoms with Gasteiger partial charge in [0, 0.05) is 28.6 Å². The molecule has 0 spiro atoms. The van der Waals surface area contributed by atoms with Gasteiger partial charge in [0.25, 0.3) is 5.91 Å². The average molecular weight is 356 g/mol. The summed E-state index contributed by atoms with van der Waals surface area (Å²) in [5, 5.41) is 4.25. The van der Waals surface area contributed by atoms with Crippen molar-refractivity contribution in [1.29, 1.82) is 0 Å². The second kappa shape index (κ2) is 6.73. The van der Waals surface area contributed by atoms with Gasteiger partial charge in [0.1, 0.15) is 5.58 Å². The van der Waals surface area contributed by atoms with Gasteiger partial charge in [-0.2, -0.15) is 0 Å². The summed E-state index contributed by atoms with van der Waals surface area (Å²) < 4.78 is 5.30. The zero-order valence-corrected chi connectivity index (χ0v) is 15.0. The molecule has 5 heteroatoms. The molecule has 0 aliphatic heterocycles. The Balaban J connectivity index is 1.96. The lowest BCUT2D eigenvalue weighted by molar-refractivity contribution is 0.0951. The number of amides is 1. The van der Waals surface area contributed by atoms with Gasteiger partial charge >= 0.3 is 5.63 Å². The Hall–Kier alpha value is -2.59. The Bertz CT molecular complexity index is 1020. The zero-order chi connectivity index (χ0) is 18.1. The molecular formula is C20H18ClNO3. The molecule has 1 aromatic heterocycles. The van der Waals surface area contributed by atoms with Crippen LogP contribution in [-0.2, 0) is 6.54 Å². The fourth-order valence-electron chi connectivity index (χ4n) is 2.88. The number of halogens is 1. The molecule has 2 aromatic carbocycles. The minimum atomic E-state index is -0.451. The first kappa shape index (κ1) is 17.2. The molecule has 0 fully saturated rings. The van der Waals surface area contributed by atoms with Crippen molar-refractivity contribution in [2.24, 2.45) is 0 Å². The number of carbonyl (C=O) groups excluding carboxylic acids is 1. The van der Waals surface area contributed by atoms with Crippen molar-refractivity contribution in [2.45, 2.75) is 27.3 Å². The summed E-state index contributed by atoms with van der Waals surface area (Å²) in [5.74, 6) is -0.197. The van der Waals surface area contributed by atoms with Crippen LogP contribution >= 0.6 is 11.6 Å². The molecule has 3 rings (SSSR count). The van der Waals surface area contributed by atoms with E-state index in [9.17, 15) is 9.59 Å². The van der Waals surface area contributed by atoms with E-state index in [0.717, 1.165) is 22.1 Å². The number of nitrogens with one attached hydrogen (secondary N) is 1. The van der Waals surface area contributed by atoms with Gasteiger partial charge in [0.2, 0.25) is 0 Å². The standard InChI is InChI=1S/C20H18ClNO3/c1-11-4-6-14(7-5-11)20(24)22-10-15-9-17(23)25-16-8-12(2)19(21)13(3)18(15)16/h4-9H,10H2,1-3H3,(H,22,24). The molecule has 0 bridgehead atoms. The van der Waals surface area contributed by atoms with E-state index in [-0.39, 0.29) is 12.5 Å². The van der Waals surface area contributed by atoms with Crippen LogP contribution in [0, 0.1) is 20.8 Å². The zero-order valence-electron chi connectivity index (χ0n) is 14.3. The van der Waals surface area contributed by atoms with E-state index >= 15 is 0 Å². The molecule has 0 atom stereocenters. The molecular weight excluding hydrogens is 338 g/mol. The molecule has 25 heavy (non-hydrogen) atoms. The monoisotopic (exact) mass is 355 g/mol. The van der Waals surface area contributed by atoms with Crippen molar-refractivity contribution < 1.29 is 9.21 Å². The number of fused-ring (bicyclic) bond motifs is 1. The van der Waals surface area contributed by atoms with E-state index < -0.39 is 5.63 Å². The molecule has 1 amide bonds. The van der Waals surface area contributed by atoms with Crippen LogP contribution in [0.25, 0.3) is 11.0 Å². The van der Waals surface area contributed by atoms with Crippen LogP contribution in [0.3, 0.4) is 0 Å². The Morgan fingerprint density at radius 2 is 1.80 bits per heavy atom. The minimum Gasteiger partial charge on any atom is -0.423 e. The first-order valence-corrected chi connectivity index (χ1v) is 8.32. The Kier molecular flexibility index (Phi) is 4.64. The number of carbonyl (C=O) groups is 1. The number of hydrogen-bond donors (Lipinski definition) is 1. The van der Waals surface area contributed by atoms with Gasteiger partial charge in [-0.1, -0.05) is 29.3 Å². The fraction of sp³-hybridized carbons (Fsp3) is 0.200. The highest BCUT2D eigenvalue weighted by molar-refractivity contribution is 6.33. The number of benzene rings is 2. The fourth-order valence-corrected chi connectivity index (χ4v) is 3.03. The van der Waals surface area contributed by atoms with Crippen molar-refractivity contribution in [3.05, 3.63) is 79.7 Å². The molecule has 0 aliphatic rings. The number of rotatable bonds is 3. The molecule has 1 heterocycles. The summed E-state index contributed by atoms with van der Waals surface area (Å²) in [6.45, 7) is 5.92. The topological polar surface area (TPSA) is 59.3 Å². The molecule has 3 aromatic rings. The Labute approximate surface area is 150 Å². The third kappa shape index (κ3) is 3.44. The second-order valence-electron chi connectivity index (χ2n) is 6.14. The molecule has 0 unspecified atom stereocenters. The summed E-state index contributed by atoms with van der Waals surface area (Å²) in [6, 6.07) is 10.5. The van der Waals surface area contributed by atoms with Gasteiger partial charge in [0.15, 0.2) is 0 Å². The Morgan fingerprint density at radius 3 is 2.48 bits per heavy atom. The SMILES string of the molecule is Cc1ccc(C(=O)NCc2cc(=O)oc3cc(C)c(Cl)c(C)c23)cc1. The molecule has 1 N–H and O–H groups in total. The average Bonchev–Trinajstić information content (AvgIpc) is 2.57. The summed E-state index contributed by atoms with van der Waals surface area (Å²) in [4.78, 5) is 24.2. The Morgan fingerprint density at radius 1 is 1.12 bits per heavy atom. The lowest BCUT2D eigenvalue weighted by atomic mass is 10.0. The molecule has 4 nitrogen and oxygen atoms in total. The van der Waals surface area contributed by atoms with Crippen LogP contribution in [0.1, 0.15) is 32.6 Å². The van der Waals surface area contributed by atoms with Gasteiger partial charge in [0.05, 0.1) is 0 Å². The van der Waals surface area contributed by atoms with Crippen LogP contribution in [0.15, 0.2) is 45.6 Å². The number of aryl methyl sites for hydroxylation is 3. The van der Waals surface area contributed by atoms with E-state index in [4.69, 9.17) is 16.0 Å². The van der Waals surface area contributed by atoms with Crippen LogP contribution in [0.5, 0.6) is 0 Å². The van der Waals surface area contributed by atoms with Crippen molar-refractivity contribution in [3.8, 4) is 0 Å². The van der Waals surface area contributed by atoms with Crippen LogP contribution in [0.4, 0.5) is 0 Å². The molecule has 0 aliphatic carbocycles. The van der Waals surface area contributed by atoms with Crippen LogP contribution in [-0.4, -0.2) is 5.91 Å². The third-order valence-corrected chi connectivity index (χ3v) is 4.80. The third-order valence-electron chi connectivity index (χ3n) is 4.22. The second-order valence-corrected chi connectivity index (χ2v) is 6.52. The molecule has 0 radical (unpaired) electrons. The first-order chi connectivity index (χ1) is 11.9. The predicted octanol–water partition coefficient (Wildman–Crippen LogP) is 4.30. The lowest BCUT2D eigenvalue weighted by Gasteiger charge is -2.12. The van der Waals surface area contributed by atoms with Crippen LogP contribution < -0.4 is 10.9 Å². The van der Waals surface area contributed by atoms with Gasteiger partial charge in [-0.25, -0.2) is 4.79 Å². The predicted molar refractivity (Wildman–Crippen MR) is 99.3 cm³/mol. The minimum absolute atomic E-state index is 0.197. The summed E-state index contributed by atoms with van der Waals surface area (Å²) >= 11 is 6.33. The van der Waals surface area contributed by atoms with Crippen molar-refractivity contribution >= 4 is 28.5 Å². The summed E-state index contributed by atoms with van der Waals surface area (Å²) in [5.41, 5.74) is 4.05. The van der Waals surface area contributed by atoms with E-state index in [1.54, 1.807) is 18.2 Å². The van der Waals surface area contributed by atoms with Crippen molar-refractivity contribution in [2.75, 3.05) is 0 Å². The maximum atomic E-state index is 12.3. The van der Waals surface area contributed by atoms with E-state index in [1.807, 2.05) is 32.9 Å². The smallest absolute Gasteiger partial charge is 0.336 e. The van der Waals surface area contributed by atoms with E-state index in [0.29, 0.717) is 21.7 Å². The highest BCUT2D eigenvalue weighted by Gasteiger charge is 2.14.